The van der Waals surface area contributed by atoms with Gasteiger partial charge in [-0.05, 0) is 38.8 Å². The number of benzene rings is 1. The molecule has 6 atom stereocenters. The number of esters is 1. The number of nitrogens with zero attached hydrogens (tertiary/aromatic N) is 1. The number of amides is 2. The number of anilines is 1. The quantitative estimate of drug-likeness (QED) is 0.643. The minimum absolute atomic E-state index is 0.0415. The maximum atomic E-state index is 13.5. The zero-order chi connectivity index (χ0) is 21.6. The van der Waals surface area contributed by atoms with E-state index in [9.17, 15) is 19.5 Å². The van der Waals surface area contributed by atoms with E-state index >= 15 is 0 Å². The lowest BCUT2D eigenvalue weighted by Gasteiger charge is -2.36. The molecule has 1 aromatic rings. The van der Waals surface area contributed by atoms with Crippen molar-refractivity contribution in [3.63, 3.8) is 0 Å². The molecule has 162 valence electrons. The van der Waals surface area contributed by atoms with Crippen molar-refractivity contribution < 1.29 is 24.2 Å². The van der Waals surface area contributed by atoms with Gasteiger partial charge in [0.1, 0.15) is 6.04 Å². The van der Waals surface area contributed by atoms with Gasteiger partial charge in [-0.15, -0.1) is 11.8 Å². The van der Waals surface area contributed by atoms with Gasteiger partial charge in [0.2, 0.25) is 11.8 Å². The molecule has 3 aliphatic rings. The number of likely N-dealkylation sites (tertiary alicyclic amines) is 1. The fourth-order valence-electron chi connectivity index (χ4n) is 5.22. The molecule has 3 fully saturated rings. The molecule has 3 saturated heterocycles. The second-order valence-electron chi connectivity index (χ2n) is 8.05. The van der Waals surface area contributed by atoms with Gasteiger partial charge in [-0.1, -0.05) is 23.7 Å². The maximum Gasteiger partial charge on any atom is 0.310 e. The number of rotatable bonds is 6. The fourth-order valence-corrected chi connectivity index (χ4v) is 7.60. The molecule has 3 aliphatic heterocycles. The summed E-state index contributed by atoms with van der Waals surface area (Å²) in [5, 5.41) is 13.0. The zero-order valence-corrected chi connectivity index (χ0v) is 18.4. The fraction of sp³-hybridized carbons (Fsp3) is 0.571. The lowest BCUT2D eigenvalue weighted by Crippen LogP contribution is -2.54. The van der Waals surface area contributed by atoms with Crippen molar-refractivity contribution in [1.29, 1.82) is 0 Å². The Morgan fingerprint density at radius 3 is 2.83 bits per heavy atom. The monoisotopic (exact) mass is 452 g/mol. The molecule has 0 aromatic heterocycles. The molecule has 2 N–H and O–H groups in total. The number of carbonyl (C=O) groups excluding carboxylic acids is 3. The van der Waals surface area contributed by atoms with Crippen LogP contribution in [-0.4, -0.2) is 63.1 Å². The van der Waals surface area contributed by atoms with Crippen LogP contribution in [0.2, 0.25) is 5.02 Å². The summed E-state index contributed by atoms with van der Waals surface area (Å²) in [6.45, 7) is 3.42. The van der Waals surface area contributed by atoms with Crippen LogP contribution in [-0.2, 0) is 19.1 Å². The van der Waals surface area contributed by atoms with E-state index in [1.165, 1.54) is 4.90 Å². The number of carbonyl (C=O) groups is 3. The van der Waals surface area contributed by atoms with Crippen LogP contribution in [0.5, 0.6) is 0 Å². The van der Waals surface area contributed by atoms with Gasteiger partial charge in [0.05, 0.1) is 46.5 Å². The second-order valence-corrected chi connectivity index (χ2v) is 10.1. The van der Waals surface area contributed by atoms with E-state index in [2.05, 4.69) is 5.32 Å². The van der Waals surface area contributed by atoms with E-state index < -0.39 is 28.7 Å². The molecule has 30 heavy (non-hydrogen) atoms. The Morgan fingerprint density at radius 1 is 1.43 bits per heavy atom. The Balaban J connectivity index is 1.73. The summed E-state index contributed by atoms with van der Waals surface area (Å²) < 4.78 is 4.56. The molecule has 2 bridgehead atoms. The second kappa shape index (κ2) is 8.05. The first-order valence-electron chi connectivity index (χ1n) is 10.2. The standard InChI is InChI=1S/C21H25ClN2O5S/c1-3-29-20(28)15-14-8-9-21(30-14)16(15)19(27)24(11(2)10-25)17(21)18(26)23-13-7-5-4-6-12(13)22/h4-7,11,14-17,25H,3,8-10H2,1-2H3,(H,23,26)/t11-,14+,15-,16+,17?,21?/m1/s1. The first-order chi connectivity index (χ1) is 14.4. The first kappa shape index (κ1) is 21.5. The van der Waals surface area contributed by atoms with Crippen molar-refractivity contribution in [3.05, 3.63) is 29.3 Å². The zero-order valence-electron chi connectivity index (χ0n) is 16.8. The summed E-state index contributed by atoms with van der Waals surface area (Å²) >= 11 is 7.78. The average Bonchev–Trinajstić information content (AvgIpc) is 3.36. The Labute approximate surface area is 184 Å². The van der Waals surface area contributed by atoms with E-state index in [0.717, 1.165) is 6.42 Å². The average molecular weight is 453 g/mol. The number of ether oxygens (including phenoxy) is 1. The lowest BCUT2D eigenvalue weighted by molar-refractivity contribution is -0.154. The van der Waals surface area contributed by atoms with Crippen molar-refractivity contribution in [2.45, 2.75) is 48.8 Å². The van der Waals surface area contributed by atoms with E-state index in [-0.39, 0.29) is 36.2 Å². The van der Waals surface area contributed by atoms with Gasteiger partial charge in [0.25, 0.3) is 0 Å². The number of hydrogen-bond donors (Lipinski definition) is 2. The Bertz CT molecular complexity index is 883. The predicted octanol–water partition coefficient (Wildman–Crippen LogP) is 2.31. The molecular formula is C21H25ClN2O5S. The van der Waals surface area contributed by atoms with Gasteiger partial charge in [-0.2, -0.15) is 0 Å². The molecule has 7 nitrogen and oxygen atoms in total. The third kappa shape index (κ3) is 3.11. The van der Waals surface area contributed by atoms with E-state index in [0.29, 0.717) is 17.1 Å². The van der Waals surface area contributed by atoms with Gasteiger partial charge in [0, 0.05) is 5.25 Å². The third-order valence-corrected chi connectivity index (χ3v) is 8.70. The smallest absolute Gasteiger partial charge is 0.310 e. The summed E-state index contributed by atoms with van der Waals surface area (Å²) in [6.07, 6.45) is 1.40. The number of nitrogens with one attached hydrogen (secondary N) is 1. The Hall–Kier alpha value is -1.77. The molecule has 3 heterocycles. The third-order valence-electron chi connectivity index (χ3n) is 6.42. The molecular weight excluding hydrogens is 428 g/mol. The molecule has 0 saturated carbocycles. The van der Waals surface area contributed by atoms with Crippen molar-refractivity contribution in [2.24, 2.45) is 11.8 Å². The van der Waals surface area contributed by atoms with E-state index in [4.69, 9.17) is 16.3 Å². The largest absolute Gasteiger partial charge is 0.466 e. The summed E-state index contributed by atoms with van der Waals surface area (Å²) in [5.41, 5.74) is 0.465. The highest BCUT2D eigenvalue weighted by molar-refractivity contribution is 8.02. The highest BCUT2D eigenvalue weighted by Gasteiger charge is 2.74. The molecule has 2 unspecified atom stereocenters. The van der Waals surface area contributed by atoms with Crippen molar-refractivity contribution >= 4 is 46.8 Å². The summed E-state index contributed by atoms with van der Waals surface area (Å²) in [7, 11) is 0. The number of hydrogen-bond acceptors (Lipinski definition) is 6. The molecule has 1 spiro atoms. The Morgan fingerprint density at radius 2 is 2.17 bits per heavy atom. The van der Waals surface area contributed by atoms with Crippen molar-refractivity contribution in [3.8, 4) is 0 Å². The van der Waals surface area contributed by atoms with Crippen LogP contribution in [0.1, 0.15) is 26.7 Å². The van der Waals surface area contributed by atoms with Crippen LogP contribution in [0.4, 0.5) is 5.69 Å². The molecule has 4 rings (SSSR count). The molecule has 0 radical (unpaired) electrons. The molecule has 1 aromatic carbocycles. The molecule has 9 heteroatoms. The normalized spacial score (nSPS) is 32.8. The van der Waals surface area contributed by atoms with Crippen molar-refractivity contribution in [2.75, 3.05) is 18.5 Å². The SMILES string of the molecule is CCOC(=O)[C@@H]1[C@@H]2CCC3(S2)C(C(=O)Nc2ccccc2Cl)N([C@H](C)CO)C(=O)[C@H]13. The summed E-state index contributed by atoms with van der Waals surface area (Å²) in [4.78, 5) is 41.2. The van der Waals surface area contributed by atoms with Gasteiger partial charge in [-0.25, -0.2) is 0 Å². The highest BCUT2D eigenvalue weighted by atomic mass is 35.5. The molecule has 0 aliphatic carbocycles. The Kier molecular flexibility index (Phi) is 5.76. The predicted molar refractivity (Wildman–Crippen MR) is 114 cm³/mol. The number of fused-ring (bicyclic) bond motifs is 1. The lowest BCUT2D eigenvalue weighted by atomic mass is 9.71. The van der Waals surface area contributed by atoms with Crippen LogP contribution in [0.3, 0.4) is 0 Å². The van der Waals surface area contributed by atoms with E-state index in [1.54, 1.807) is 49.9 Å². The van der Waals surface area contributed by atoms with E-state index in [1.807, 2.05) is 0 Å². The van der Waals surface area contributed by atoms with Crippen LogP contribution < -0.4 is 5.32 Å². The number of thioether (sulfide) groups is 1. The van der Waals surface area contributed by atoms with Gasteiger partial charge >= 0.3 is 5.97 Å². The number of halogens is 1. The van der Waals surface area contributed by atoms with Crippen LogP contribution in [0.25, 0.3) is 0 Å². The number of aliphatic hydroxyl groups excluding tert-OH is 1. The number of para-hydroxylation sites is 1. The van der Waals surface area contributed by atoms with Crippen LogP contribution in [0.15, 0.2) is 24.3 Å². The van der Waals surface area contributed by atoms with Gasteiger partial charge < -0.3 is 20.1 Å². The van der Waals surface area contributed by atoms with Crippen LogP contribution in [0, 0.1) is 11.8 Å². The summed E-state index contributed by atoms with van der Waals surface area (Å²) in [5.74, 6) is -2.18. The van der Waals surface area contributed by atoms with Crippen LogP contribution >= 0.6 is 23.4 Å². The van der Waals surface area contributed by atoms with Gasteiger partial charge in [-0.3, -0.25) is 14.4 Å². The van der Waals surface area contributed by atoms with Gasteiger partial charge in [0.15, 0.2) is 0 Å². The summed E-state index contributed by atoms with van der Waals surface area (Å²) in [6, 6.07) is 5.56. The first-order valence-corrected chi connectivity index (χ1v) is 11.4. The van der Waals surface area contributed by atoms with Crippen molar-refractivity contribution in [1.82, 2.24) is 4.90 Å². The number of aliphatic hydroxyl groups is 1. The topological polar surface area (TPSA) is 95.9 Å². The molecule has 2 amide bonds. The minimum atomic E-state index is -0.803. The highest BCUT2D eigenvalue weighted by Crippen LogP contribution is 2.66. The maximum absolute atomic E-state index is 13.5. The minimum Gasteiger partial charge on any atom is -0.466 e.